The summed E-state index contributed by atoms with van der Waals surface area (Å²) in [5.74, 6) is 0.487. The predicted octanol–water partition coefficient (Wildman–Crippen LogP) is 1.59. The fourth-order valence-corrected chi connectivity index (χ4v) is 2.53. The van der Waals surface area contributed by atoms with E-state index in [4.69, 9.17) is 16.0 Å². The Bertz CT molecular complexity index is 746. The summed E-state index contributed by atoms with van der Waals surface area (Å²) in [6.07, 6.45) is 0. The van der Waals surface area contributed by atoms with Crippen molar-refractivity contribution in [3.8, 4) is 0 Å². The highest BCUT2D eigenvalue weighted by Crippen LogP contribution is 2.22. The van der Waals surface area contributed by atoms with Crippen LogP contribution in [0.5, 0.6) is 0 Å². The van der Waals surface area contributed by atoms with Crippen LogP contribution in [0.4, 0.5) is 10.5 Å². The van der Waals surface area contributed by atoms with Gasteiger partial charge in [-0.3, -0.25) is 9.69 Å². The van der Waals surface area contributed by atoms with Gasteiger partial charge in [0, 0.05) is 30.7 Å². The average molecular weight is 350 g/mol. The first kappa shape index (κ1) is 16.3. The van der Waals surface area contributed by atoms with Crippen LogP contribution in [0.3, 0.4) is 0 Å². The molecule has 0 unspecified atom stereocenters. The number of carbonyl (C=O) groups is 2. The highest BCUT2D eigenvalue weighted by atomic mass is 35.5. The van der Waals surface area contributed by atoms with Crippen LogP contribution in [0.25, 0.3) is 0 Å². The van der Waals surface area contributed by atoms with Gasteiger partial charge in [-0.05, 0) is 24.3 Å². The monoisotopic (exact) mass is 349 g/mol. The summed E-state index contributed by atoms with van der Waals surface area (Å²) in [7, 11) is 0. The van der Waals surface area contributed by atoms with E-state index in [1.807, 2.05) is 0 Å². The molecule has 3 amide bonds. The van der Waals surface area contributed by atoms with Crippen molar-refractivity contribution in [2.24, 2.45) is 0 Å². The third-order valence-electron chi connectivity index (χ3n) is 3.57. The number of aryl methyl sites for hydroxylation is 1. The third kappa shape index (κ3) is 3.65. The van der Waals surface area contributed by atoms with E-state index in [0.717, 1.165) is 5.69 Å². The summed E-state index contributed by atoms with van der Waals surface area (Å²) in [5.41, 5.74) is 0.758. The number of urea groups is 1. The summed E-state index contributed by atoms with van der Waals surface area (Å²) >= 11 is 5.86. The molecule has 0 saturated carbocycles. The molecule has 2 aromatic rings. The van der Waals surface area contributed by atoms with Crippen molar-refractivity contribution in [1.82, 2.24) is 20.4 Å². The number of aromatic nitrogens is 2. The van der Waals surface area contributed by atoms with Crippen molar-refractivity contribution >= 4 is 29.2 Å². The first-order chi connectivity index (χ1) is 11.5. The van der Waals surface area contributed by atoms with E-state index in [-0.39, 0.29) is 25.0 Å². The molecule has 1 aliphatic rings. The SMILES string of the molecule is Cc1nnc(CNC(=O)CN2CCN(c3ccc(Cl)cc3)C2=O)o1. The van der Waals surface area contributed by atoms with Gasteiger partial charge in [0.2, 0.25) is 17.7 Å². The predicted molar refractivity (Wildman–Crippen MR) is 86.6 cm³/mol. The first-order valence-corrected chi connectivity index (χ1v) is 7.78. The summed E-state index contributed by atoms with van der Waals surface area (Å²) < 4.78 is 5.17. The number of halogens is 1. The molecular weight excluding hydrogens is 334 g/mol. The molecule has 0 bridgehead atoms. The van der Waals surface area contributed by atoms with E-state index in [0.29, 0.717) is 29.9 Å². The molecule has 126 valence electrons. The molecule has 8 nitrogen and oxygen atoms in total. The Hall–Kier alpha value is -2.61. The summed E-state index contributed by atoms with van der Waals surface area (Å²) in [5, 5.41) is 10.7. The Labute approximate surface area is 143 Å². The second-order valence-corrected chi connectivity index (χ2v) is 5.76. The fourth-order valence-electron chi connectivity index (χ4n) is 2.40. The quantitative estimate of drug-likeness (QED) is 0.885. The Morgan fingerprint density at radius 1 is 1.29 bits per heavy atom. The lowest BCUT2D eigenvalue weighted by Gasteiger charge is -2.18. The van der Waals surface area contributed by atoms with E-state index < -0.39 is 0 Å². The van der Waals surface area contributed by atoms with Crippen molar-refractivity contribution < 1.29 is 14.0 Å². The van der Waals surface area contributed by atoms with Crippen LogP contribution in [-0.2, 0) is 11.3 Å². The van der Waals surface area contributed by atoms with E-state index in [9.17, 15) is 9.59 Å². The topological polar surface area (TPSA) is 91.6 Å². The maximum absolute atomic E-state index is 12.4. The number of carbonyl (C=O) groups excluding carboxylic acids is 2. The normalized spacial score (nSPS) is 14.3. The Balaban J connectivity index is 1.53. The van der Waals surface area contributed by atoms with Gasteiger partial charge in [0.05, 0.1) is 6.54 Å². The second kappa shape index (κ2) is 6.88. The summed E-state index contributed by atoms with van der Waals surface area (Å²) in [4.78, 5) is 27.5. The minimum absolute atomic E-state index is 0.0178. The van der Waals surface area contributed by atoms with Crippen LogP contribution in [0.1, 0.15) is 11.8 Å². The van der Waals surface area contributed by atoms with Crippen LogP contribution in [0.2, 0.25) is 5.02 Å². The van der Waals surface area contributed by atoms with Gasteiger partial charge in [0.1, 0.15) is 6.54 Å². The minimum Gasteiger partial charge on any atom is -0.424 e. The lowest BCUT2D eigenvalue weighted by molar-refractivity contribution is -0.121. The van der Waals surface area contributed by atoms with Gasteiger partial charge in [0.25, 0.3) is 0 Å². The number of nitrogens with zero attached hydrogens (tertiary/aromatic N) is 4. The molecule has 1 saturated heterocycles. The zero-order chi connectivity index (χ0) is 17.1. The van der Waals surface area contributed by atoms with Gasteiger partial charge in [-0.15, -0.1) is 10.2 Å². The van der Waals surface area contributed by atoms with Crippen LogP contribution in [-0.4, -0.2) is 46.7 Å². The number of hydrogen-bond acceptors (Lipinski definition) is 5. The fraction of sp³-hybridized carbons (Fsp3) is 0.333. The standard InChI is InChI=1S/C15H16ClN5O3/c1-10-18-19-14(24-10)8-17-13(22)9-20-6-7-21(15(20)23)12-4-2-11(16)3-5-12/h2-5H,6-9H2,1H3,(H,17,22). The molecule has 2 heterocycles. The van der Waals surface area contributed by atoms with E-state index in [1.54, 1.807) is 36.1 Å². The molecule has 0 spiro atoms. The van der Waals surface area contributed by atoms with Crippen molar-refractivity contribution in [1.29, 1.82) is 0 Å². The lowest BCUT2D eigenvalue weighted by atomic mass is 10.3. The van der Waals surface area contributed by atoms with E-state index in [2.05, 4.69) is 15.5 Å². The number of rotatable bonds is 5. The smallest absolute Gasteiger partial charge is 0.325 e. The zero-order valence-electron chi connectivity index (χ0n) is 13.0. The maximum Gasteiger partial charge on any atom is 0.325 e. The molecule has 1 aromatic carbocycles. The van der Waals surface area contributed by atoms with Crippen LogP contribution in [0.15, 0.2) is 28.7 Å². The van der Waals surface area contributed by atoms with Gasteiger partial charge >= 0.3 is 6.03 Å². The van der Waals surface area contributed by atoms with E-state index in [1.165, 1.54) is 4.90 Å². The van der Waals surface area contributed by atoms with Crippen LogP contribution in [0, 0.1) is 6.92 Å². The van der Waals surface area contributed by atoms with Gasteiger partial charge < -0.3 is 14.6 Å². The average Bonchev–Trinajstić information content (AvgIpc) is 3.13. The van der Waals surface area contributed by atoms with Gasteiger partial charge in [-0.1, -0.05) is 11.6 Å². The Morgan fingerprint density at radius 2 is 2.04 bits per heavy atom. The van der Waals surface area contributed by atoms with Crippen molar-refractivity contribution in [3.63, 3.8) is 0 Å². The Kier molecular flexibility index (Phi) is 4.66. The highest BCUT2D eigenvalue weighted by molar-refractivity contribution is 6.30. The third-order valence-corrected chi connectivity index (χ3v) is 3.82. The van der Waals surface area contributed by atoms with Gasteiger partial charge in [0.15, 0.2) is 0 Å². The maximum atomic E-state index is 12.4. The molecule has 1 aromatic heterocycles. The van der Waals surface area contributed by atoms with Crippen LogP contribution >= 0.6 is 11.6 Å². The Morgan fingerprint density at radius 3 is 2.71 bits per heavy atom. The molecule has 0 radical (unpaired) electrons. The lowest BCUT2D eigenvalue weighted by Crippen LogP contribution is -2.39. The summed E-state index contributed by atoms with van der Waals surface area (Å²) in [6, 6.07) is 6.81. The van der Waals surface area contributed by atoms with Crippen molar-refractivity contribution in [3.05, 3.63) is 41.1 Å². The molecule has 3 rings (SSSR count). The van der Waals surface area contributed by atoms with Crippen molar-refractivity contribution in [2.75, 3.05) is 24.5 Å². The molecule has 1 N–H and O–H groups in total. The van der Waals surface area contributed by atoms with Gasteiger partial charge in [-0.25, -0.2) is 4.79 Å². The number of anilines is 1. The number of nitrogens with one attached hydrogen (secondary N) is 1. The van der Waals surface area contributed by atoms with E-state index >= 15 is 0 Å². The molecule has 0 aliphatic carbocycles. The molecule has 0 atom stereocenters. The number of benzene rings is 1. The number of hydrogen-bond donors (Lipinski definition) is 1. The molecule has 24 heavy (non-hydrogen) atoms. The summed E-state index contributed by atoms with van der Waals surface area (Å²) in [6.45, 7) is 2.80. The van der Waals surface area contributed by atoms with Gasteiger partial charge in [-0.2, -0.15) is 0 Å². The van der Waals surface area contributed by atoms with Crippen molar-refractivity contribution in [2.45, 2.75) is 13.5 Å². The molecule has 9 heteroatoms. The zero-order valence-corrected chi connectivity index (χ0v) is 13.8. The largest absolute Gasteiger partial charge is 0.424 e. The first-order valence-electron chi connectivity index (χ1n) is 7.40. The molecule has 1 fully saturated rings. The minimum atomic E-state index is -0.280. The molecular formula is C15H16ClN5O3. The number of amides is 3. The van der Waals surface area contributed by atoms with Crippen LogP contribution < -0.4 is 10.2 Å². The highest BCUT2D eigenvalue weighted by Gasteiger charge is 2.30. The second-order valence-electron chi connectivity index (χ2n) is 5.32. The molecule has 1 aliphatic heterocycles.